The number of aromatic nitrogens is 3. The molecule has 6 heteroatoms. The average Bonchev–Trinajstić information content (AvgIpc) is 3.04. The Morgan fingerprint density at radius 3 is 2.91 bits per heavy atom. The van der Waals surface area contributed by atoms with Crippen molar-refractivity contribution in [2.45, 2.75) is 12.3 Å². The van der Waals surface area contributed by atoms with Crippen molar-refractivity contribution < 1.29 is 4.39 Å². The molecular formula is C17H14ClFN4. The topological polar surface area (TPSA) is 41.9 Å². The fourth-order valence-corrected chi connectivity index (χ4v) is 3.18. The van der Waals surface area contributed by atoms with Gasteiger partial charge in [0.15, 0.2) is 0 Å². The molecule has 0 aliphatic carbocycles. The van der Waals surface area contributed by atoms with Crippen LogP contribution in [0.15, 0.2) is 42.9 Å². The molecule has 1 atom stereocenters. The summed E-state index contributed by atoms with van der Waals surface area (Å²) in [5.41, 5.74) is 2.54. The Kier molecular flexibility index (Phi) is 3.58. The van der Waals surface area contributed by atoms with Crippen LogP contribution in [0.2, 0.25) is 5.02 Å². The second kappa shape index (κ2) is 5.74. The largest absolute Gasteiger partial charge is 0.355 e. The fraction of sp³-hybridized carbons (Fsp3) is 0.235. The zero-order valence-electron chi connectivity index (χ0n) is 12.3. The first kappa shape index (κ1) is 14.3. The van der Waals surface area contributed by atoms with E-state index in [1.54, 1.807) is 24.5 Å². The molecular weight excluding hydrogens is 315 g/mol. The lowest BCUT2D eigenvalue weighted by atomic mass is 10.0. The number of benzene rings is 1. The molecule has 0 spiro atoms. The number of hydrogen-bond acceptors (Lipinski definition) is 4. The van der Waals surface area contributed by atoms with E-state index in [4.69, 9.17) is 11.6 Å². The van der Waals surface area contributed by atoms with E-state index in [2.05, 4.69) is 19.9 Å². The quantitative estimate of drug-likeness (QED) is 0.717. The van der Waals surface area contributed by atoms with E-state index in [0.717, 1.165) is 41.9 Å². The molecule has 1 saturated heterocycles. The Morgan fingerprint density at radius 2 is 2.04 bits per heavy atom. The van der Waals surface area contributed by atoms with Gasteiger partial charge < -0.3 is 4.90 Å². The van der Waals surface area contributed by atoms with Crippen molar-refractivity contribution in [3.05, 3.63) is 59.3 Å². The van der Waals surface area contributed by atoms with Crippen LogP contribution in [0, 0.1) is 5.82 Å². The number of fused-ring (bicyclic) bond motifs is 1. The summed E-state index contributed by atoms with van der Waals surface area (Å²) in [6.07, 6.45) is 5.69. The van der Waals surface area contributed by atoms with E-state index in [1.165, 1.54) is 6.20 Å². The minimum atomic E-state index is -0.289. The molecule has 0 N–H and O–H groups in total. The van der Waals surface area contributed by atoms with E-state index in [9.17, 15) is 4.39 Å². The van der Waals surface area contributed by atoms with Gasteiger partial charge in [-0.1, -0.05) is 11.6 Å². The van der Waals surface area contributed by atoms with Crippen LogP contribution < -0.4 is 4.90 Å². The van der Waals surface area contributed by atoms with Gasteiger partial charge in [0.2, 0.25) is 0 Å². The molecule has 23 heavy (non-hydrogen) atoms. The molecule has 0 radical (unpaired) electrons. The van der Waals surface area contributed by atoms with Crippen molar-refractivity contribution in [3.63, 3.8) is 0 Å². The summed E-state index contributed by atoms with van der Waals surface area (Å²) in [5, 5.41) is 0.652. The van der Waals surface area contributed by atoms with E-state index in [-0.39, 0.29) is 11.7 Å². The van der Waals surface area contributed by atoms with E-state index in [1.807, 2.05) is 12.1 Å². The van der Waals surface area contributed by atoms with Crippen LogP contribution >= 0.6 is 11.6 Å². The molecule has 1 aliphatic heterocycles. The van der Waals surface area contributed by atoms with Crippen molar-refractivity contribution in [1.29, 1.82) is 0 Å². The maximum absolute atomic E-state index is 13.3. The normalized spacial score (nSPS) is 17.8. The molecule has 3 heterocycles. The Labute approximate surface area is 138 Å². The van der Waals surface area contributed by atoms with Crippen LogP contribution in [0.25, 0.3) is 11.0 Å². The molecule has 3 aromatic rings. The Hall–Kier alpha value is -2.27. The average molecular weight is 329 g/mol. The monoisotopic (exact) mass is 328 g/mol. The second-order valence-electron chi connectivity index (χ2n) is 5.73. The first-order valence-corrected chi connectivity index (χ1v) is 7.84. The van der Waals surface area contributed by atoms with Crippen molar-refractivity contribution in [2.75, 3.05) is 18.0 Å². The van der Waals surface area contributed by atoms with Crippen LogP contribution in [0.4, 0.5) is 10.2 Å². The predicted octanol–water partition coefficient (Wildman–Crippen LogP) is 3.81. The number of nitrogens with zero attached hydrogens (tertiary/aromatic N) is 4. The Morgan fingerprint density at radius 1 is 1.13 bits per heavy atom. The summed E-state index contributed by atoms with van der Waals surface area (Å²) in [6, 6.07) is 7.06. The molecule has 0 amide bonds. The van der Waals surface area contributed by atoms with Gasteiger partial charge in [-0.05, 0) is 36.2 Å². The van der Waals surface area contributed by atoms with Crippen molar-refractivity contribution in [1.82, 2.24) is 15.0 Å². The summed E-state index contributed by atoms with van der Waals surface area (Å²) in [6.45, 7) is 1.66. The molecule has 116 valence electrons. The van der Waals surface area contributed by atoms with Gasteiger partial charge in [0, 0.05) is 30.2 Å². The van der Waals surface area contributed by atoms with E-state index in [0.29, 0.717) is 5.02 Å². The zero-order valence-corrected chi connectivity index (χ0v) is 13.0. The lowest BCUT2D eigenvalue weighted by molar-refractivity contribution is 0.613. The van der Waals surface area contributed by atoms with Gasteiger partial charge in [0.05, 0.1) is 23.4 Å². The molecule has 4 nitrogen and oxygen atoms in total. The standard InChI is InChI=1S/C17H14ClFN4/c18-13-1-2-15-16(6-13)21-9-17(22-15)23-4-3-11(10-23)12-5-14(19)8-20-7-12/h1-2,5-9,11H,3-4,10H2. The van der Waals surface area contributed by atoms with Crippen molar-refractivity contribution in [2.24, 2.45) is 0 Å². The molecule has 1 aliphatic rings. The number of pyridine rings is 1. The summed E-state index contributed by atoms with van der Waals surface area (Å²) in [7, 11) is 0. The summed E-state index contributed by atoms with van der Waals surface area (Å²) < 4.78 is 13.3. The number of hydrogen-bond donors (Lipinski definition) is 0. The highest BCUT2D eigenvalue weighted by Crippen LogP contribution is 2.30. The van der Waals surface area contributed by atoms with Crippen molar-refractivity contribution >= 4 is 28.5 Å². The van der Waals surface area contributed by atoms with Gasteiger partial charge in [-0.3, -0.25) is 9.97 Å². The van der Waals surface area contributed by atoms with Crippen LogP contribution in [0.5, 0.6) is 0 Å². The van der Waals surface area contributed by atoms with Crippen LogP contribution in [0.3, 0.4) is 0 Å². The third kappa shape index (κ3) is 2.84. The first-order valence-electron chi connectivity index (χ1n) is 7.47. The fourth-order valence-electron chi connectivity index (χ4n) is 3.02. The molecule has 0 saturated carbocycles. The number of halogens is 2. The first-order chi connectivity index (χ1) is 11.2. The lowest BCUT2D eigenvalue weighted by Gasteiger charge is -2.17. The van der Waals surface area contributed by atoms with Gasteiger partial charge in [-0.25, -0.2) is 9.37 Å². The molecule has 0 bridgehead atoms. The van der Waals surface area contributed by atoms with Gasteiger partial charge in [0.1, 0.15) is 11.6 Å². The Balaban J connectivity index is 1.58. The third-order valence-electron chi connectivity index (χ3n) is 4.20. The number of rotatable bonds is 2. The smallest absolute Gasteiger partial charge is 0.147 e. The Bertz CT molecular complexity index is 870. The van der Waals surface area contributed by atoms with Crippen LogP contribution in [-0.2, 0) is 0 Å². The van der Waals surface area contributed by atoms with E-state index >= 15 is 0 Å². The predicted molar refractivity (Wildman–Crippen MR) is 88.3 cm³/mol. The summed E-state index contributed by atoms with van der Waals surface area (Å²) in [5.74, 6) is 0.816. The van der Waals surface area contributed by atoms with E-state index < -0.39 is 0 Å². The zero-order chi connectivity index (χ0) is 15.8. The molecule has 1 unspecified atom stereocenters. The molecule has 2 aromatic heterocycles. The van der Waals surface area contributed by atoms with Crippen molar-refractivity contribution in [3.8, 4) is 0 Å². The minimum Gasteiger partial charge on any atom is -0.355 e. The van der Waals surface area contributed by atoms with Crippen LogP contribution in [-0.4, -0.2) is 28.0 Å². The molecule has 1 fully saturated rings. The lowest BCUT2D eigenvalue weighted by Crippen LogP contribution is -2.20. The maximum atomic E-state index is 13.3. The maximum Gasteiger partial charge on any atom is 0.147 e. The van der Waals surface area contributed by atoms with Gasteiger partial charge in [-0.15, -0.1) is 0 Å². The van der Waals surface area contributed by atoms with Gasteiger partial charge >= 0.3 is 0 Å². The minimum absolute atomic E-state index is 0.265. The highest BCUT2D eigenvalue weighted by atomic mass is 35.5. The SMILES string of the molecule is Fc1cncc(C2CCN(c3cnc4cc(Cl)ccc4n3)C2)c1. The highest BCUT2D eigenvalue weighted by Gasteiger charge is 2.25. The highest BCUT2D eigenvalue weighted by molar-refractivity contribution is 6.31. The van der Waals surface area contributed by atoms with Gasteiger partial charge in [-0.2, -0.15) is 0 Å². The summed E-state index contributed by atoms with van der Waals surface area (Å²) in [4.78, 5) is 15.2. The second-order valence-corrected chi connectivity index (χ2v) is 6.17. The van der Waals surface area contributed by atoms with Crippen LogP contribution in [0.1, 0.15) is 17.9 Å². The third-order valence-corrected chi connectivity index (χ3v) is 4.44. The molecule has 1 aromatic carbocycles. The van der Waals surface area contributed by atoms with Gasteiger partial charge in [0.25, 0.3) is 0 Å². The number of anilines is 1. The summed E-state index contributed by atoms with van der Waals surface area (Å²) >= 11 is 5.97. The molecule has 4 rings (SSSR count).